The molecule has 4 rings (SSSR count). The van der Waals surface area contributed by atoms with E-state index < -0.39 is 22.0 Å². The number of carbonyl (C=O) groups is 2. The topological polar surface area (TPSA) is 105 Å². The van der Waals surface area contributed by atoms with Gasteiger partial charge in [0.15, 0.2) is 11.5 Å². The van der Waals surface area contributed by atoms with E-state index in [1.54, 1.807) is 6.07 Å². The van der Waals surface area contributed by atoms with E-state index in [1.807, 2.05) is 72.8 Å². The zero-order chi connectivity index (χ0) is 27.1. The average molecular weight is 538 g/mol. The van der Waals surface area contributed by atoms with Gasteiger partial charge in [0.25, 0.3) is 0 Å². The van der Waals surface area contributed by atoms with Gasteiger partial charge in [-0.2, -0.15) is 4.31 Å². The van der Waals surface area contributed by atoms with Crippen molar-refractivity contribution in [3.63, 3.8) is 0 Å². The summed E-state index contributed by atoms with van der Waals surface area (Å²) in [5, 5.41) is 2.95. The van der Waals surface area contributed by atoms with Crippen LogP contribution in [0.15, 0.2) is 78.9 Å². The molecule has 3 aromatic rings. The first kappa shape index (κ1) is 27.2. The van der Waals surface area contributed by atoms with Crippen LogP contribution in [0, 0.1) is 0 Å². The quantitative estimate of drug-likeness (QED) is 0.403. The van der Waals surface area contributed by atoms with Gasteiger partial charge >= 0.3 is 0 Å². The van der Waals surface area contributed by atoms with Gasteiger partial charge in [-0.15, -0.1) is 0 Å². The Morgan fingerprint density at radius 2 is 1.53 bits per heavy atom. The number of ether oxygens (including phenoxy) is 2. The molecule has 9 nitrogen and oxygen atoms in total. The molecule has 10 heteroatoms. The van der Waals surface area contributed by atoms with Gasteiger partial charge in [0.1, 0.15) is 6.04 Å². The molecular weight excluding hydrogens is 506 g/mol. The van der Waals surface area contributed by atoms with Crippen molar-refractivity contribution < 1.29 is 27.5 Å². The molecule has 0 unspecified atom stereocenters. The minimum atomic E-state index is -3.60. The molecule has 0 fully saturated rings. The molecule has 0 saturated heterocycles. The number of fused-ring (bicyclic) bond motifs is 1. The van der Waals surface area contributed by atoms with Crippen LogP contribution in [-0.2, 0) is 39.1 Å². The lowest BCUT2D eigenvalue weighted by Crippen LogP contribution is -2.52. The highest BCUT2D eigenvalue weighted by Gasteiger charge is 2.32. The number of benzene rings is 3. The summed E-state index contributed by atoms with van der Waals surface area (Å²) in [5.41, 5.74) is 2.52. The van der Waals surface area contributed by atoms with Crippen LogP contribution >= 0.6 is 0 Å². The van der Waals surface area contributed by atoms with Gasteiger partial charge < -0.3 is 19.7 Å². The number of rotatable bonds is 11. The minimum absolute atomic E-state index is 0.145. The van der Waals surface area contributed by atoms with E-state index in [0.29, 0.717) is 11.5 Å². The third-order valence-electron chi connectivity index (χ3n) is 6.29. The number of nitrogens with zero attached hydrogens (tertiary/aromatic N) is 2. The maximum atomic E-state index is 13.7. The molecule has 3 aromatic carbocycles. The van der Waals surface area contributed by atoms with Crippen LogP contribution in [0.25, 0.3) is 0 Å². The van der Waals surface area contributed by atoms with E-state index in [1.165, 1.54) is 11.9 Å². The molecule has 1 aliphatic rings. The summed E-state index contributed by atoms with van der Waals surface area (Å²) >= 11 is 0. The highest BCUT2D eigenvalue weighted by atomic mass is 32.2. The Labute approximate surface area is 223 Å². The molecule has 1 atom stereocenters. The smallest absolute Gasteiger partial charge is 0.243 e. The summed E-state index contributed by atoms with van der Waals surface area (Å²) in [6.45, 7) is 0.138. The number of amides is 2. The number of sulfonamides is 1. The molecule has 1 heterocycles. The summed E-state index contributed by atoms with van der Waals surface area (Å²) in [6, 6.07) is 23.3. The largest absolute Gasteiger partial charge is 0.454 e. The zero-order valence-corrected chi connectivity index (χ0v) is 22.2. The number of hydrogen-bond donors (Lipinski definition) is 1. The van der Waals surface area contributed by atoms with Crippen LogP contribution in [0.4, 0.5) is 0 Å². The van der Waals surface area contributed by atoms with Crippen LogP contribution in [0.1, 0.15) is 16.7 Å². The van der Waals surface area contributed by atoms with Gasteiger partial charge in [-0.1, -0.05) is 66.7 Å². The standard InChI is InChI=1S/C28H31N3O6S/c1-30(38(2,34)35)19-27(32)31(18-22-11-7-4-8-12-22)24(15-21-9-5-3-6-10-21)28(33)29-17-23-13-14-25-26(16-23)37-20-36-25/h3-14,16,24H,15,17-20H2,1-2H3,(H,29,33)/t24-/m0/s1. The predicted octanol–water partition coefficient (Wildman–Crippen LogP) is 2.56. The third kappa shape index (κ3) is 7.11. The second kappa shape index (κ2) is 12.1. The van der Waals surface area contributed by atoms with Crippen molar-refractivity contribution in [1.82, 2.24) is 14.5 Å². The van der Waals surface area contributed by atoms with Gasteiger partial charge in [0, 0.05) is 26.6 Å². The fraction of sp³-hybridized carbons (Fsp3) is 0.286. The second-order valence-corrected chi connectivity index (χ2v) is 11.2. The van der Waals surface area contributed by atoms with E-state index in [9.17, 15) is 18.0 Å². The Morgan fingerprint density at radius 3 is 2.18 bits per heavy atom. The van der Waals surface area contributed by atoms with Crippen molar-refractivity contribution in [3.8, 4) is 11.5 Å². The van der Waals surface area contributed by atoms with Crippen molar-refractivity contribution in [3.05, 3.63) is 95.6 Å². The second-order valence-electron chi connectivity index (χ2n) is 9.14. The number of nitrogens with one attached hydrogen (secondary N) is 1. The lowest BCUT2D eigenvalue weighted by atomic mass is 10.0. The number of hydrogen-bond acceptors (Lipinski definition) is 6. The molecular formula is C28H31N3O6S. The molecule has 200 valence electrons. The van der Waals surface area contributed by atoms with E-state index in [-0.39, 0.29) is 38.8 Å². The molecule has 0 aliphatic carbocycles. The normalized spacial score (nSPS) is 13.2. The maximum absolute atomic E-state index is 13.7. The number of carbonyl (C=O) groups excluding carboxylic acids is 2. The molecule has 38 heavy (non-hydrogen) atoms. The van der Waals surface area contributed by atoms with Gasteiger partial charge in [0.2, 0.25) is 28.6 Å². The summed E-state index contributed by atoms with van der Waals surface area (Å²) in [6.07, 6.45) is 1.30. The zero-order valence-electron chi connectivity index (χ0n) is 21.4. The SMILES string of the molecule is CN(CC(=O)N(Cc1ccccc1)[C@@H](Cc1ccccc1)C(=O)NCc1ccc2c(c1)OCO2)S(C)(=O)=O. The van der Waals surface area contributed by atoms with Gasteiger partial charge in [0.05, 0.1) is 12.8 Å². The van der Waals surface area contributed by atoms with E-state index in [0.717, 1.165) is 27.3 Å². The third-order valence-corrected chi connectivity index (χ3v) is 7.56. The lowest BCUT2D eigenvalue weighted by molar-refractivity contribution is -0.141. The summed E-state index contributed by atoms with van der Waals surface area (Å²) in [4.78, 5) is 28.7. The first-order chi connectivity index (χ1) is 18.2. The Hall–Kier alpha value is -3.89. The Bertz CT molecular complexity index is 1370. The average Bonchev–Trinajstić information content (AvgIpc) is 3.38. The summed E-state index contributed by atoms with van der Waals surface area (Å²) in [7, 11) is -2.25. The maximum Gasteiger partial charge on any atom is 0.243 e. The fourth-order valence-corrected chi connectivity index (χ4v) is 4.44. The highest BCUT2D eigenvalue weighted by molar-refractivity contribution is 7.88. The molecule has 1 aliphatic heterocycles. The summed E-state index contributed by atoms with van der Waals surface area (Å²) in [5.74, 6) is 0.442. The predicted molar refractivity (Wildman–Crippen MR) is 143 cm³/mol. The molecule has 0 saturated carbocycles. The van der Waals surface area contributed by atoms with Crippen LogP contribution in [0.3, 0.4) is 0 Å². The first-order valence-electron chi connectivity index (χ1n) is 12.2. The van der Waals surface area contributed by atoms with Crippen LogP contribution in [-0.4, -0.2) is 62.1 Å². The Balaban J connectivity index is 1.61. The number of likely N-dealkylation sites (N-methyl/N-ethyl adjacent to an activating group) is 1. The van der Waals surface area contributed by atoms with Gasteiger partial charge in [-0.05, 0) is 28.8 Å². The Morgan fingerprint density at radius 1 is 0.895 bits per heavy atom. The van der Waals surface area contributed by atoms with E-state index >= 15 is 0 Å². The van der Waals surface area contributed by atoms with Gasteiger partial charge in [-0.25, -0.2) is 8.42 Å². The molecule has 0 aromatic heterocycles. The summed E-state index contributed by atoms with van der Waals surface area (Å²) < 4.78 is 35.8. The highest BCUT2D eigenvalue weighted by Crippen LogP contribution is 2.32. The van der Waals surface area contributed by atoms with Crippen molar-refractivity contribution in [2.75, 3.05) is 26.6 Å². The van der Waals surface area contributed by atoms with Crippen molar-refractivity contribution in [1.29, 1.82) is 0 Å². The molecule has 2 amide bonds. The Kier molecular flexibility index (Phi) is 8.65. The van der Waals surface area contributed by atoms with E-state index in [2.05, 4.69) is 5.32 Å². The molecule has 0 bridgehead atoms. The van der Waals surface area contributed by atoms with Crippen LogP contribution in [0.5, 0.6) is 11.5 Å². The van der Waals surface area contributed by atoms with E-state index in [4.69, 9.17) is 9.47 Å². The molecule has 0 spiro atoms. The fourth-order valence-electron chi connectivity index (χ4n) is 4.09. The van der Waals surface area contributed by atoms with Crippen LogP contribution in [0.2, 0.25) is 0 Å². The minimum Gasteiger partial charge on any atom is -0.454 e. The van der Waals surface area contributed by atoms with Crippen molar-refractivity contribution in [2.45, 2.75) is 25.6 Å². The van der Waals surface area contributed by atoms with Crippen molar-refractivity contribution >= 4 is 21.8 Å². The van der Waals surface area contributed by atoms with Gasteiger partial charge in [-0.3, -0.25) is 9.59 Å². The van der Waals surface area contributed by atoms with Crippen LogP contribution < -0.4 is 14.8 Å². The van der Waals surface area contributed by atoms with Crippen molar-refractivity contribution in [2.24, 2.45) is 0 Å². The monoisotopic (exact) mass is 537 g/mol. The molecule has 0 radical (unpaired) electrons. The molecule has 1 N–H and O–H groups in total. The first-order valence-corrected chi connectivity index (χ1v) is 14.0. The lowest BCUT2D eigenvalue weighted by Gasteiger charge is -2.32.